The number of sulfonamides is 1. The van der Waals surface area contributed by atoms with Crippen LogP contribution < -0.4 is 5.32 Å². The Bertz CT molecular complexity index is 607. The van der Waals surface area contributed by atoms with E-state index in [9.17, 15) is 8.42 Å². The SMILES string of the molecule is CCNCc1cc(S(=O)(=O)N2CCC=C(C)C2)c(Br)o1. The van der Waals surface area contributed by atoms with Crippen molar-refractivity contribution in [1.82, 2.24) is 9.62 Å². The molecule has 0 saturated heterocycles. The molecule has 0 fully saturated rings. The van der Waals surface area contributed by atoms with Gasteiger partial charge in [-0.1, -0.05) is 18.6 Å². The lowest BCUT2D eigenvalue weighted by atomic mass is 10.2. The van der Waals surface area contributed by atoms with Crippen molar-refractivity contribution < 1.29 is 12.8 Å². The van der Waals surface area contributed by atoms with E-state index in [-0.39, 0.29) is 9.56 Å². The third-order valence-corrected chi connectivity index (χ3v) is 5.87. The molecule has 20 heavy (non-hydrogen) atoms. The summed E-state index contributed by atoms with van der Waals surface area (Å²) in [6, 6.07) is 1.59. The molecule has 0 aliphatic carbocycles. The molecule has 1 N–H and O–H groups in total. The summed E-state index contributed by atoms with van der Waals surface area (Å²) in [5.74, 6) is 0.613. The maximum absolute atomic E-state index is 12.6. The van der Waals surface area contributed by atoms with Crippen molar-refractivity contribution in [2.24, 2.45) is 0 Å². The van der Waals surface area contributed by atoms with Gasteiger partial charge in [-0.2, -0.15) is 4.31 Å². The normalized spacial score (nSPS) is 17.2. The first-order chi connectivity index (χ1) is 9.45. The standard InChI is InChI=1S/C13H19BrN2O3S/c1-3-15-8-11-7-12(13(14)19-11)20(17,18)16-6-4-5-10(2)9-16/h5,7,15H,3-4,6,8-9H2,1-2H3. The van der Waals surface area contributed by atoms with Crippen molar-refractivity contribution in [2.45, 2.75) is 31.7 Å². The largest absolute Gasteiger partial charge is 0.452 e. The third kappa shape index (κ3) is 3.33. The molecule has 1 aliphatic rings. The first-order valence-electron chi connectivity index (χ1n) is 6.60. The van der Waals surface area contributed by atoms with E-state index >= 15 is 0 Å². The van der Waals surface area contributed by atoms with E-state index in [1.807, 2.05) is 13.8 Å². The van der Waals surface area contributed by atoms with Crippen LogP contribution in [-0.4, -0.2) is 32.4 Å². The Kier molecular flexibility index (Phi) is 5.06. The van der Waals surface area contributed by atoms with Crippen LogP contribution in [0.25, 0.3) is 0 Å². The van der Waals surface area contributed by atoms with Gasteiger partial charge in [0.25, 0.3) is 0 Å². The predicted octanol–water partition coefficient (Wildman–Crippen LogP) is 2.49. The summed E-state index contributed by atoms with van der Waals surface area (Å²) in [6.45, 7) is 6.21. The Labute approximate surface area is 128 Å². The molecule has 0 spiro atoms. The quantitative estimate of drug-likeness (QED) is 0.817. The number of rotatable bonds is 5. The summed E-state index contributed by atoms with van der Waals surface area (Å²) in [5, 5.41) is 3.11. The molecule has 112 valence electrons. The van der Waals surface area contributed by atoms with Crippen LogP contribution in [0.4, 0.5) is 0 Å². The molecule has 0 amide bonds. The fourth-order valence-corrected chi connectivity index (χ4v) is 4.59. The van der Waals surface area contributed by atoms with Gasteiger partial charge >= 0.3 is 0 Å². The van der Waals surface area contributed by atoms with Gasteiger partial charge in [0, 0.05) is 19.2 Å². The fourth-order valence-electron chi connectivity index (χ4n) is 2.13. The lowest BCUT2D eigenvalue weighted by Crippen LogP contribution is -2.35. The van der Waals surface area contributed by atoms with Crippen molar-refractivity contribution in [2.75, 3.05) is 19.6 Å². The van der Waals surface area contributed by atoms with Gasteiger partial charge in [0.1, 0.15) is 10.7 Å². The zero-order valence-electron chi connectivity index (χ0n) is 11.6. The van der Waals surface area contributed by atoms with Crippen molar-refractivity contribution in [3.8, 4) is 0 Å². The van der Waals surface area contributed by atoms with E-state index in [1.54, 1.807) is 6.07 Å². The van der Waals surface area contributed by atoms with Gasteiger partial charge < -0.3 is 9.73 Å². The molecule has 0 bridgehead atoms. The number of hydrogen-bond acceptors (Lipinski definition) is 4. The number of nitrogens with zero attached hydrogens (tertiary/aromatic N) is 1. The highest BCUT2D eigenvalue weighted by molar-refractivity contribution is 9.10. The van der Waals surface area contributed by atoms with Crippen molar-refractivity contribution >= 4 is 26.0 Å². The van der Waals surface area contributed by atoms with E-state index in [2.05, 4.69) is 27.3 Å². The summed E-state index contributed by atoms with van der Waals surface area (Å²) in [6.07, 6.45) is 2.83. The summed E-state index contributed by atoms with van der Waals surface area (Å²) < 4.78 is 32.5. The highest BCUT2D eigenvalue weighted by Crippen LogP contribution is 2.30. The molecular weight excluding hydrogens is 344 g/mol. The molecule has 5 nitrogen and oxygen atoms in total. The van der Waals surface area contributed by atoms with Gasteiger partial charge in [0.2, 0.25) is 10.0 Å². The molecule has 2 heterocycles. The minimum Gasteiger partial charge on any atom is -0.452 e. The van der Waals surface area contributed by atoms with Gasteiger partial charge in [-0.25, -0.2) is 8.42 Å². The molecule has 1 aromatic heterocycles. The van der Waals surface area contributed by atoms with Gasteiger partial charge in [-0.15, -0.1) is 0 Å². The van der Waals surface area contributed by atoms with Crippen LogP contribution >= 0.6 is 15.9 Å². The van der Waals surface area contributed by atoms with Gasteiger partial charge in [-0.05, 0) is 35.8 Å². The van der Waals surface area contributed by atoms with Crippen LogP contribution in [0.15, 0.2) is 31.7 Å². The van der Waals surface area contributed by atoms with E-state index in [4.69, 9.17) is 4.42 Å². The van der Waals surface area contributed by atoms with E-state index in [0.717, 1.165) is 18.5 Å². The number of halogens is 1. The Hall–Kier alpha value is -0.630. The first kappa shape index (κ1) is 15.8. The van der Waals surface area contributed by atoms with E-state index in [0.29, 0.717) is 25.4 Å². The minimum absolute atomic E-state index is 0.208. The van der Waals surface area contributed by atoms with Crippen LogP contribution in [0.5, 0.6) is 0 Å². The summed E-state index contributed by atoms with van der Waals surface area (Å²) in [4.78, 5) is 0.208. The molecule has 0 radical (unpaired) electrons. The van der Waals surface area contributed by atoms with Crippen LogP contribution in [0, 0.1) is 0 Å². The third-order valence-electron chi connectivity index (χ3n) is 3.17. The highest BCUT2D eigenvalue weighted by atomic mass is 79.9. The van der Waals surface area contributed by atoms with Crippen LogP contribution in [0.1, 0.15) is 26.0 Å². The summed E-state index contributed by atoms with van der Waals surface area (Å²) in [5.41, 5.74) is 1.08. The zero-order valence-corrected chi connectivity index (χ0v) is 14.1. The van der Waals surface area contributed by atoms with Gasteiger partial charge in [0.05, 0.1) is 6.54 Å². The Morgan fingerprint density at radius 1 is 1.50 bits per heavy atom. The lowest BCUT2D eigenvalue weighted by molar-refractivity contribution is 0.424. The molecule has 0 aromatic carbocycles. The molecular formula is C13H19BrN2O3S. The fraction of sp³-hybridized carbons (Fsp3) is 0.538. The zero-order chi connectivity index (χ0) is 14.8. The smallest absolute Gasteiger partial charge is 0.247 e. The number of furan rings is 1. The van der Waals surface area contributed by atoms with Gasteiger partial charge in [-0.3, -0.25) is 0 Å². The monoisotopic (exact) mass is 362 g/mol. The minimum atomic E-state index is -3.51. The van der Waals surface area contributed by atoms with Gasteiger partial charge in [0.15, 0.2) is 4.67 Å². The van der Waals surface area contributed by atoms with E-state index < -0.39 is 10.0 Å². The molecule has 0 saturated carbocycles. The molecule has 0 atom stereocenters. The van der Waals surface area contributed by atoms with Crippen molar-refractivity contribution in [1.29, 1.82) is 0 Å². The maximum Gasteiger partial charge on any atom is 0.247 e. The molecule has 0 unspecified atom stereocenters. The van der Waals surface area contributed by atoms with Crippen molar-refractivity contribution in [3.63, 3.8) is 0 Å². The second-order valence-corrected chi connectivity index (χ2v) is 7.44. The second-order valence-electron chi connectivity index (χ2n) is 4.81. The summed E-state index contributed by atoms with van der Waals surface area (Å²) in [7, 11) is -3.51. The Morgan fingerprint density at radius 2 is 2.25 bits per heavy atom. The van der Waals surface area contributed by atoms with Crippen molar-refractivity contribution in [3.05, 3.63) is 28.1 Å². The molecule has 2 rings (SSSR count). The second kappa shape index (κ2) is 6.43. The Balaban J connectivity index is 2.25. The highest BCUT2D eigenvalue weighted by Gasteiger charge is 2.30. The Morgan fingerprint density at radius 3 is 2.90 bits per heavy atom. The van der Waals surface area contributed by atoms with E-state index in [1.165, 1.54) is 4.31 Å². The van der Waals surface area contributed by atoms with Crippen LogP contribution in [-0.2, 0) is 16.6 Å². The number of hydrogen-bond donors (Lipinski definition) is 1. The molecule has 1 aliphatic heterocycles. The van der Waals surface area contributed by atoms with Crippen LogP contribution in [0.2, 0.25) is 0 Å². The summed E-state index contributed by atoms with van der Waals surface area (Å²) >= 11 is 3.21. The lowest BCUT2D eigenvalue weighted by Gasteiger charge is -2.24. The molecule has 7 heteroatoms. The average molecular weight is 363 g/mol. The predicted molar refractivity (Wildman–Crippen MR) is 80.9 cm³/mol. The average Bonchev–Trinajstić information content (AvgIpc) is 2.78. The molecule has 1 aromatic rings. The topological polar surface area (TPSA) is 62.6 Å². The first-order valence-corrected chi connectivity index (χ1v) is 8.83. The van der Waals surface area contributed by atoms with Crippen LogP contribution in [0.3, 0.4) is 0 Å². The number of nitrogens with one attached hydrogen (secondary N) is 1. The maximum atomic E-state index is 12.6.